The minimum Gasteiger partial charge on any atom is -0.261 e. The molecule has 16 heavy (non-hydrogen) atoms. The van der Waals surface area contributed by atoms with Gasteiger partial charge < -0.3 is 0 Å². The van der Waals surface area contributed by atoms with E-state index in [4.69, 9.17) is 0 Å². The molecule has 0 saturated heterocycles. The fraction of sp³-hybridized carbons (Fsp3) is 0.545. The van der Waals surface area contributed by atoms with Crippen molar-refractivity contribution < 1.29 is 8.42 Å². The van der Waals surface area contributed by atoms with E-state index < -0.39 is 10.0 Å². The molecule has 4 nitrogen and oxygen atoms in total. The average molecular weight is 242 g/mol. The Morgan fingerprint density at radius 1 is 1.38 bits per heavy atom. The first-order valence-corrected chi connectivity index (χ1v) is 7.01. The van der Waals surface area contributed by atoms with Crippen LogP contribution in [0.15, 0.2) is 24.4 Å². The quantitative estimate of drug-likeness (QED) is 0.755. The van der Waals surface area contributed by atoms with Crippen LogP contribution in [0, 0.1) is 0 Å². The van der Waals surface area contributed by atoms with Gasteiger partial charge in [-0.15, -0.1) is 0 Å². The van der Waals surface area contributed by atoms with Crippen LogP contribution in [0.25, 0.3) is 0 Å². The maximum absolute atomic E-state index is 11.7. The minimum atomic E-state index is -3.07. The molecule has 1 rings (SSSR count). The Balaban J connectivity index is 2.50. The zero-order valence-corrected chi connectivity index (χ0v) is 10.6. The van der Waals surface area contributed by atoms with E-state index in [1.54, 1.807) is 13.2 Å². The largest absolute Gasteiger partial charge is 0.261 e. The lowest BCUT2D eigenvalue weighted by Crippen LogP contribution is -2.31. The van der Waals surface area contributed by atoms with Crippen molar-refractivity contribution in [2.75, 3.05) is 19.3 Å². The molecule has 0 fully saturated rings. The van der Waals surface area contributed by atoms with Gasteiger partial charge >= 0.3 is 0 Å². The highest BCUT2D eigenvalue weighted by molar-refractivity contribution is 7.89. The molecule has 0 radical (unpaired) electrons. The molecule has 0 unspecified atom stereocenters. The lowest BCUT2D eigenvalue weighted by molar-refractivity contribution is 0.470. The van der Waals surface area contributed by atoms with Gasteiger partial charge in [-0.1, -0.05) is 13.0 Å². The van der Waals surface area contributed by atoms with Gasteiger partial charge in [0.1, 0.15) is 0 Å². The third-order valence-corrected chi connectivity index (χ3v) is 4.40. The number of likely N-dealkylation sites (N-methyl/N-ethyl adjacent to an activating group) is 1. The van der Waals surface area contributed by atoms with Gasteiger partial charge in [0, 0.05) is 31.9 Å². The molecule has 0 saturated carbocycles. The molecule has 0 atom stereocenters. The van der Waals surface area contributed by atoms with Crippen molar-refractivity contribution in [1.82, 2.24) is 9.29 Å². The summed E-state index contributed by atoms with van der Waals surface area (Å²) in [5.74, 6) is 0.214. The molecule has 0 bridgehead atoms. The number of hydrogen-bond acceptors (Lipinski definition) is 3. The van der Waals surface area contributed by atoms with Crippen molar-refractivity contribution in [3.8, 4) is 0 Å². The van der Waals surface area contributed by atoms with Crippen molar-refractivity contribution in [2.24, 2.45) is 0 Å². The van der Waals surface area contributed by atoms with E-state index in [1.807, 2.05) is 25.1 Å². The topological polar surface area (TPSA) is 50.3 Å². The van der Waals surface area contributed by atoms with Crippen molar-refractivity contribution in [1.29, 1.82) is 0 Å². The van der Waals surface area contributed by atoms with Gasteiger partial charge in [-0.2, -0.15) is 0 Å². The highest BCUT2D eigenvalue weighted by Crippen LogP contribution is 2.03. The maximum Gasteiger partial charge on any atom is 0.213 e. The lowest BCUT2D eigenvalue weighted by Gasteiger charge is -2.16. The number of rotatable bonds is 6. The number of nitrogens with zero attached hydrogens (tertiary/aromatic N) is 2. The number of pyridine rings is 1. The van der Waals surface area contributed by atoms with Crippen molar-refractivity contribution in [3.63, 3.8) is 0 Å². The van der Waals surface area contributed by atoms with E-state index in [2.05, 4.69) is 4.98 Å². The van der Waals surface area contributed by atoms with Crippen LogP contribution in [-0.4, -0.2) is 37.1 Å². The molecular formula is C11H18N2O2S. The van der Waals surface area contributed by atoms with Crippen LogP contribution in [0.5, 0.6) is 0 Å². The predicted molar refractivity (Wildman–Crippen MR) is 64.6 cm³/mol. The predicted octanol–water partition coefficient (Wildman–Crippen LogP) is 1.30. The first-order valence-electron chi connectivity index (χ1n) is 5.40. The molecule has 0 aliphatic heterocycles. The second kappa shape index (κ2) is 5.96. The summed E-state index contributed by atoms with van der Waals surface area (Å²) in [7, 11) is -1.46. The van der Waals surface area contributed by atoms with E-state index in [9.17, 15) is 8.42 Å². The van der Waals surface area contributed by atoms with Crippen LogP contribution in [0.4, 0.5) is 0 Å². The molecule has 0 aliphatic rings. The molecule has 1 aromatic heterocycles. The van der Waals surface area contributed by atoms with Gasteiger partial charge in [-0.25, -0.2) is 12.7 Å². The third-order valence-electron chi connectivity index (χ3n) is 2.35. The van der Waals surface area contributed by atoms with Crippen molar-refractivity contribution >= 4 is 10.0 Å². The van der Waals surface area contributed by atoms with Crippen LogP contribution in [0.1, 0.15) is 19.0 Å². The Labute approximate surface area is 97.4 Å². The number of sulfonamides is 1. The lowest BCUT2D eigenvalue weighted by atomic mass is 10.3. The highest BCUT2D eigenvalue weighted by Gasteiger charge is 2.15. The van der Waals surface area contributed by atoms with Gasteiger partial charge in [0.2, 0.25) is 10.0 Å². The van der Waals surface area contributed by atoms with E-state index in [0.717, 1.165) is 5.69 Å². The fourth-order valence-electron chi connectivity index (χ4n) is 1.37. The van der Waals surface area contributed by atoms with Crippen LogP contribution in [0.2, 0.25) is 0 Å². The van der Waals surface area contributed by atoms with Gasteiger partial charge in [-0.05, 0) is 18.6 Å². The second-order valence-corrected chi connectivity index (χ2v) is 5.90. The summed E-state index contributed by atoms with van der Waals surface area (Å²) in [4.78, 5) is 4.16. The Morgan fingerprint density at radius 3 is 2.69 bits per heavy atom. The molecule has 90 valence electrons. The first-order chi connectivity index (χ1) is 7.56. The van der Waals surface area contributed by atoms with Gasteiger partial charge in [0.15, 0.2) is 0 Å². The molecule has 1 aromatic rings. The molecule has 0 amide bonds. The van der Waals surface area contributed by atoms with Crippen LogP contribution >= 0.6 is 0 Å². The molecule has 0 N–H and O–H groups in total. The van der Waals surface area contributed by atoms with E-state index in [-0.39, 0.29) is 5.75 Å². The van der Waals surface area contributed by atoms with Gasteiger partial charge in [0.25, 0.3) is 0 Å². The standard InChI is InChI=1S/C11H18N2O2S/c1-3-10-16(14,15)13(2)9-7-11-6-4-5-8-12-11/h4-6,8H,3,7,9-10H2,1-2H3. The van der Waals surface area contributed by atoms with E-state index >= 15 is 0 Å². The summed E-state index contributed by atoms with van der Waals surface area (Å²) in [6.45, 7) is 2.35. The average Bonchev–Trinajstić information content (AvgIpc) is 2.27. The van der Waals surface area contributed by atoms with E-state index in [1.165, 1.54) is 4.31 Å². The SMILES string of the molecule is CCCS(=O)(=O)N(C)CCc1ccccn1. The zero-order chi connectivity index (χ0) is 12.0. The Kier molecular flexibility index (Phi) is 4.89. The summed E-state index contributed by atoms with van der Waals surface area (Å²) in [6, 6.07) is 5.66. The summed E-state index contributed by atoms with van der Waals surface area (Å²) in [5, 5.41) is 0. The van der Waals surface area contributed by atoms with Crippen molar-refractivity contribution in [3.05, 3.63) is 30.1 Å². The highest BCUT2D eigenvalue weighted by atomic mass is 32.2. The maximum atomic E-state index is 11.7. The van der Waals surface area contributed by atoms with Gasteiger partial charge in [-0.3, -0.25) is 4.98 Å². The number of hydrogen-bond donors (Lipinski definition) is 0. The molecular weight excluding hydrogens is 224 g/mol. The third kappa shape index (κ3) is 3.90. The van der Waals surface area contributed by atoms with E-state index in [0.29, 0.717) is 19.4 Å². The van der Waals surface area contributed by atoms with Crippen molar-refractivity contribution in [2.45, 2.75) is 19.8 Å². The monoisotopic (exact) mass is 242 g/mol. The Morgan fingerprint density at radius 2 is 2.12 bits per heavy atom. The Hall–Kier alpha value is -0.940. The second-order valence-electron chi connectivity index (χ2n) is 3.71. The molecule has 1 heterocycles. The zero-order valence-electron chi connectivity index (χ0n) is 9.76. The summed E-state index contributed by atoms with van der Waals surface area (Å²) in [6.07, 6.45) is 3.02. The number of aromatic nitrogens is 1. The smallest absolute Gasteiger partial charge is 0.213 e. The normalized spacial score (nSPS) is 11.9. The molecule has 0 spiro atoms. The van der Waals surface area contributed by atoms with Crippen LogP contribution < -0.4 is 0 Å². The molecule has 0 aromatic carbocycles. The summed E-state index contributed by atoms with van der Waals surface area (Å²) < 4.78 is 24.7. The first kappa shape index (κ1) is 13.1. The van der Waals surface area contributed by atoms with Gasteiger partial charge in [0.05, 0.1) is 5.75 Å². The Bertz CT molecular complexity index is 403. The molecule has 0 aliphatic carbocycles. The minimum absolute atomic E-state index is 0.214. The molecule has 5 heteroatoms. The summed E-state index contributed by atoms with van der Waals surface area (Å²) >= 11 is 0. The summed E-state index contributed by atoms with van der Waals surface area (Å²) in [5.41, 5.74) is 0.918. The van der Waals surface area contributed by atoms with Crippen LogP contribution in [0.3, 0.4) is 0 Å². The fourth-order valence-corrected chi connectivity index (χ4v) is 2.57. The van der Waals surface area contributed by atoms with Crippen LogP contribution in [-0.2, 0) is 16.4 Å².